The van der Waals surface area contributed by atoms with Crippen molar-refractivity contribution in [2.45, 2.75) is 58.2 Å². The minimum Gasteiger partial charge on any atom is -0.460 e. The molecule has 6 nitrogen and oxygen atoms in total. The highest BCUT2D eigenvalue weighted by atomic mass is 28.3. The molecule has 1 N–H and O–H groups in total. The zero-order valence-electron chi connectivity index (χ0n) is 18.6. The number of carbonyl (C=O) groups excluding carboxylic acids is 1. The first-order valence-corrected chi connectivity index (χ1v) is 14.3. The molecule has 0 fully saturated rings. The molecule has 32 heavy (non-hydrogen) atoms. The maximum atomic E-state index is 14.1. The van der Waals surface area contributed by atoms with Gasteiger partial charge in [-0.15, -0.1) is 0 Å². The van der Waals surface area contributed by atoms with E-state index in [-0.39, 0.29) is 30.8 Å². The van der Waals surface area contributed by atoms with E-state index < -0.39 is 19.6 Å². The standard InChI is InChI=1S/C24H25FN2O4Si/c1-5-24(30)10-20(28)31-12-16-17(24)9-19-21-15(11-27(19)23(16)29)22(32(2,3)4)14-8-13(25)6-7-18(14)26-21/h6-9,30H,5,10-12H2,1-4H3/t24-/m1/s1. The van der Waals surface area contributed by atoms with Crippen LogP contribution in [0.1, 0.15) is 36.5 Å². The van der Waals surface area contributed by atoms with E-state index in [0.717, 1.165) is 16.1 Å². The Morgan fingerprint density at radius 1 is 1.22 bits per heavy atom. The monoisotopic (exact) mass is 452 g/mol. The average molecular weight is 453 g/mol. The predicted molar refractivity (Wildman–Crippen MR) is 122 cm³/mol. The molecule has 0 aliphatic carbocycles. The molecule has 8 heteroatoms. The normalized spacial score (nSPS) is 19.9. The van der Waals surface area contributed by atoms with Gasteiger partial charge in [-0.2, -0.15) is 0 Å². The van der Waals surface area contributed by atoms with Crippen LogP contribution in [0, 0.1) is 5.82 Å². The smallest absolute Gasteiger partial charge is 0.309 e. The zero-order chi connectivity index (χ0) is 23.0. The van der Waals surface area contributed by atoms with E-state index in [9.17, 15) is 19.1 Å². The molecule has 0 unspecified atom stereocenters. The largest absolute Gasteiger partial charge is 0.460 e. The molecule has 1 atom stereocenters. The Hall–Kier alpha value is -2.84. The molecule has 0 spiro atoms. The quantitative estimate of drug-likeness (QED) is 0.373. The fourth-order valence-corrected chi connectivity index (χ4v) is 7.22. The van der Waals surface area contributed by atoms with Crippen molar-refractivity contribution in [2.24, 2.45) is 0 Å². The fourth-order valence-electron chi connectivity index (χ4n) is 5.11. The first-order chi connectivity index (χ1) is 15.0. The number of aromatic nitrogens is 2. The Balaban J connectivity index is 1.85. The molecule has 0 saturated carbocycles. The third-order valence-corrected chi connectivity index (χ3v) is 8.73. The number of pyridine rings is 2. The van der Waals surface area contributed by atoms with Gasteiger partial charge in [0.05, 0.1) is 43.5 Å². The molecule has 0 amide bonds. The summed E-state index contributed by atoms with van der Waals surface area (Å²) in [5, 5.41) is 13.2. The lowest BCUT2D eigenvalue weighted by Gasteiger charge is -2.26. The summed E-state index contributed by atoms with van der Waals surface area (Å²) in [4.78, 5) is 30.4. The molecule has 0 saturated heterocycles. The molecular formula is C24H25FN2O4Si. The first-order valence-electron chi connectivity index (χ1n) is 10.8. The average Bonchev–Trinajstić information content (AvgIpc) is 3.01. The van der Waals surface area contributed by atoms with Crippen LogP contribution in [0.2, 0.25) is 19.6 Å². The summed E-state index contributed by atoms with van der Waals surface area (Å²) in [6.45, 7) is 8.54. The van der Waals surface area contributed by atoms with Gasteiger partial charge in [-0.1, -0.05) is 26.6 Å². The number of rotatable bonds is 2. The molecule has 166 valence electrons. The first kappa shape index (κ1) is 21.0. The van der Waals surface area contributed by atoms with Crippen LogP contribution in [0.5, 0.6) is 0 Å². The summed E-state index contributed by atoms with van der Waals surface area (Å²) in [5.74, 6) is -0.837. The van der Waals surface area contributed by atoms with Crippen LogP contribution >= 0.6 is 0 Å². The summed E-state index contributed by atoms with van der Waals surface area (Å²) >= 11 is 0. The number of benzene rings is 1. The Kier molecular flexibility index (Phi) is 4.48. The van der Waals surface area contributed by atoms with E-state index in [4.69, 9.17) is 9.72 Å². The Labute approximate surface area is 185 Å². The molecule has 4 heterocycles. The molecule has 2 aromatic heterocycles. The number of fused-ring (bicyclic) bond motifs is 5. The van der Waals surface area contributed by atoms with Gasteiger partial charge in [-0.25, -0.2) is 9.37 Å². The van der Waals surface area contributed by atoms with Gasteiger partial charge in [0.25, 0.3) is 5.56 Å². The highest BCUT2D eigenvalue weighted by Crippen LogP contribution is 2.39. The van der Waals surface area contributed by atoms with Gasteiger partial charge in [-0.05, 0) is 47.0 Å². The number of carbonyl (C=O) groups is 1. The maximum absolute atomic E-state index is 14.1. The number of cyclic esters (lactones) is 1. The lowest BCUT2D eigenvalue weighted by molar-refractivity contribution is -0.149. The number of halogens is 1. The number of hydrogen-bond acceptors (Lipinski definition) is 5. The van der Waals surface area contributed by atoms with Crippen LogP contribution in [0.4, 0.5) is 4.39 Å². The van der Waals surface area contributed by atoms with E-state index in [1.807, 2.05) is 0 Å². The lowest BCUT2D eigenvalue weighted by Crippen LogP contribution is -2.41. The Bertz CT molecular complexity index is 1380. The summed E-state index contributed by atoms with van der Waals surface area (Å²) in [6.07, 6.45) is 0.0757. The van der Waals surface area contributed by atoms with Crippen molar-refractivity contribution in [2.75, 3.05) is 0 Å². The van der Waals surface area contributed by atoms with Crippen LogP contribution in [-0.4, -0.2) is 28.7 Å². The SMILES string of the molecule is CC[C@@]1(O)CC(=O)OCc2c1cc1n(c2=O)Cc2c-1nc1ccc(F)cc1c2[Si](C)(C)C. The minimum atomic E-state index is -1.96. The van der Waals surface area contributed by atoms with Crippen molar-refractivity contribution in [3.63, 3.8) is 0 Å². The highest BCUT2D eigenvalue weighted by Gasteiger charge is 2.40. The summed E-state index contributed by atoms with van der Waals surface area (Å²) in [7, 11) is -1.96. The molecule has 2 aliphatic rings. The maximum Gasteiger partial charge on any atom is 0.309 e. The van der Waals surface area contributed by atoms with Crippen molar-refractivity contribution >= 4 is 30.1 Å². The van der Waals surface area contributed by atoms with Gasteiger partial charge in [0.15, 0.2) is 0 Å². The number of aliphatic hydroxyl groups is 1. The van der Waals surface area contributed by atoms with Crippen LogP contribution in [0.25, 0.3) is 22.3 Å². The van der Waals surface area contributed by atoms with Crippen molar-refractivity contribution in [1.82, 2.24) is 9.55 Å². The van der Waals surface area contributed by atoms with Gasteiger partial charge in [0.2, 0.25) is 0 Å². The molecular weight excluding hydrogens is 427 g/mol. The van der Waals surface area contributed by atoms with E-state index in [1.165, 1.54) is 12.1 Å². The van der Waals surface area contributed by atoms with Crippen molar-refractivity contribution in [3.8, 4) is 11.4 Å². The second-order valence-electron chi connectivity index (χ2n) is 9.76. The summed E-state index contributed by atoms with van der Waals surface area (Å²) in [6, 6.07) is 6.40. The molecule has 5 rings (SSSR count). The third kappa shape index (κ3) is 2.97. The Morgan fingerprint density at radius 2 is 1.97 bits per heavy atom. The lowest BCUT2D eigenvalue weighted by atomic mass is 9.85. The van der Waals surface area contributed by atoms with Gasteiger partial charge < -0.3 is 14.4 Å². The van der Waals surface area contributed by atoms with Crippen LogP contribution in [-0.2, 0) is 28.3 Å². The number of hydrogen-bond donors (Lipinski definition) is 1. The van der Waals surface area contributed by atoms with Gasteiger partial charge in [0, 0.05) is 5.39 Å². The topological polar surface area (TPSA) is 81.4 Å². The number of esters is 1. The van der Waals surface area contributed by atoms with Crippen LogP contribution < -0.4 is 10.7 Å². The summed E-state index contributed by atoms with van der Waals surface area (Å²) < 4.78 is 21.0. The van der Waals surface area contributed by atoms with Crippen molar-refractivity contribution in [1.29, 1.82) is 0 Å². The second kappa shape index (κ2) is 6.83. The van der Waals surface area contributed by atoms with E-state index in [1.54, 1.807) is 23.6 Å². The van der Waals surface area contributed by atoms with Crippen molar-refractivity contribution < 1.29 is 19.0 Å². The molecule has 0 bridgehead atoms. The molecule has 0 radical (unpaired) electrons. The number of nitrogens with zero attached hydrogens (tertiary/aromatic N) is 2. The van der Waals surface area contributed by atoms with E-state index in [2.05, 4.69) is 19.6 Å². The summed E-state index contributed by atoms with van der Waals surface area (Å²) in [5.41, 5.74) is 1.93. The zero-order valence-corrected chi connectivity index (χ0v) is 19.6. The second-order valence-corrected chi connectivity index (χ2v) is 14.8. The molecule has 3 aromatic rings. The van der Waals surface area contributed by atoms with Gasteiger partial charge in [-0.3, -0.25) is 9.59 Å². The highest BCUT2D eigenvalue weighted by molar-refractivity contribution is 6.90. The predicted octanol–water partition coefficient (Wildman–Crippen LogP) is 3.15. The number of ether oxygens (including phenoxy) is 1. The van der Waals surface area contributed by atoms with E-state index in [0.29, 0.717) is 34.6 Å². The minimum absolute atomic E-state index is 0.159. The van der Waals surface area contributed by atoms with E-state index >= 15 is 0 Å². The van der Waals surface area contributed by atoms with Crippen LogP contribution in [0.15, 0.2) is 29.1 Å². The Morgan fingerprint density at radius 3 is 2.66 bits per heavy atom. The third-order valence-electron chi connectivity index (χ3n) is 6.66. The van der Waals surface area contributed by atoms with Gasteiger partial charge in [0.1, 0.15) is 18.0 Å². The van der Waals surface area contributed by atoms with Crippen LogP contribution in [0.3, 0.4) is 0 Å². The fraction of sp³-hybridized carbons (Fsp3) is 0.375. The van der Waals surface area contributed by atoms with Crippen molar-refractivity contribution in [3.05, 3.63) is 57.1 Å². The molecule has 1 aromatic carbocycles. The van der Waals surface area contributed by atoms with Gasteiger partial charge >= 0.3 is 5.97 Å². The molecule has 2 aliphatic heterocycles.